The first-order valence-corrected chi connectivity index (χ1v) is 10.2. The predicted molar refractivity (Wildman–Crippen MR) is 117 cm³/mol. The van der Waals surface area contributed by atoms with Crippen LogP contribution in [0.3, 0.4) is 0 Å². The molecule has 1 fully saturated rings. The summed E-state index contributed by atoms with van der Waals surface area (Å²) in [7, 11) is 0. The number of fused-ring (bicyclic) bond motifs is 1. The summed E-state index contributed by atoms with van der Waals surface area (Å²) in [5.74, 6) is -0.158. The molecule has 8 heteroatoms. The summed E-state index contributed by atoms with van der Waals surface area (Å²) in [4.78, 5) is 43.4. The highest BCUT2D eigenvalue weighted by molar-refractivity contribution is 6.07. The van der Waals surface area contributed by atoms with Gasteiger partial charge in [0.1, 0.15) is 0 Å². The molecule has 1 N–H and O–H groups in total. The van der Waals surface area contributed by atoms with Crippen LogP contribution in [0.2, 0.25) is 0 Å². The molecule has 1 aromatic heterocycles. The number of hydrogen-bond acceptors (Lipinski definition) is 4. The topological polar surface area (TPSA) is 99.6 Å². The molecular formula is C23H24N4O4. The van der Waals surface area contributed by atoms with Crippen molar-refractivity contribution in [2.45, 2.75) is 19.3 Å². The van der Waals surface area contributed by atoms with Gasteiger partial charge in [-0.3, -0.25) is 19.7 Å². The van der Waals surface area contributed by atoms with Crippen LogP contribution in [0.1, 0.15) is 29.8 Å². The Morgan fingerprint density at radius 3 is 2.29 bits per heavy atom. The molecule has 0 spiro atoms. The molecule has 1 saturated heterocycles. The monoisotopic (exact) mass is 420 g/mol. The van der Waals surface area contributed by atoms with Crippen molar-refractivity contribution in [1.29, 1.82) is 0 Å². The van der Waals surface area contributed by atoms with Crippen molar-refractivity contribution < 1.29 is 14.5 Å². The van der Waals surface area contributed by atoms with Crippen LogP contribution < -0.4 is 0 Å². The van der Waals surface area contributed by atoms with Crippen molar-refractivity contribution in [3.8, 4) is 0 Å². The van der Waals surface area contributed by atoms with Gasteiger partial charge in [0.05, 0.1) is 15.9 Å². The minimum atomic E-state index is -0.650. The molecule has 2 aromatic carbocycles. The van der Waals surface area contributed by atoms with Crippen LogP contribution in [0, 0.1) is 10.1 Å². The van der Waals surface area contributed by atoms with Crippen molar-refractivity contribution in [2.24, 2.45) is 0 Å². The molecule has 1 aliphatic rings. The van der Waals surface area contributed by atoms with E-state index in [1.807, 2.05) is 44.2 Å². The zero-order valence-electron chi connectivity index (χ0n) is 17.5. The number of nitrogens with one attached hydrogen (secondary N) is 1. The molecule has 31 heavy (non-hydrogen) atoms. The molecule has 0 bridgehead atoms. The van der Waals surface area contributed by atoms with Crippen LogP contribution in [0.4, 0.5) is 5.69 Å². The lowest BCUT2D eigenvalue weighted by Crippen LogP contribution is -2.54. The summed E-state index contributed by atoms with van der Waals surface area (Å²) in [6.07, 6.45) is 1.59. The summed E-state index contributed by atoms with van der Waals surface area (Å²) >= 11 is 0. The van der Waals surface area contributed by atoms with Crippen molar-refractivity contribution >= 4 is 28.4 Å². The lowest BCUT2D eigenvalue weighted by atomic mass is 9.83. The number of amides is 2. The first kappa shape index (κ1) is 20.6. The second-order valence-electron chi connectivity index (χ2n) is 8.26. The molecule has 160 valence electrons. The lowest BCUT2D eigenvalue weighted by Gasteiger charge is -2.38. The molecule has 4 rings (SSSR count). The van der Waals surface area contributed by atoms with Crippen LogP contribution in [0.25, 0.3) is 10.9 Å². The number of benzene rings is 2. The van der Waals surface area contributed by atoms with Crippen molar-refractivity contribution in [3.63, 3.8) is 0 Å². The zero-order valence-corrected chi connectivity index (χ0v) is 17.5. The summed E-state index contributed by atoms with van der Waals surface area (Å²) in [6.45, 7) is 5.56. The zero-order chi connectivity index (χ0) is 22.2. The number of nitrogens with zero attached hydrogens (tertiary/aromatic N) is 3. The summed E-state index contributed by atoms with van der Waals surface area (Å²) in [5, 5.41) is 11.6. The van der Waals surface area contributed by atoms with Crippen LogP contribution in [0.15, 0.2) is 54.7 Å². The van der Waals surface area contributed by atoms with E-state index in [4.69, 9.17) is 0 Å². The number of H-pyrrole nitrogens is 1. The van der Waals surface area contributed by atoms with Crippen molar-refractivity contribution in [1.82, 2.24) is 14.8 Å². The molecule has 3 aromatic rings. The molecule has 8 nitrogen and oxygen atoms in total. The van der Waals surface area contributed by atoms with E-state index in [9.17, 15) is 19.7 Å². The third kappa shape index (κ3) is 3.76. The van der Waals surface area contributed by atoms with Gasteiger partial charge in [0, 0.05) is 55.4 Å². The quantitative estimate of drug-likeness (QED) is 0.517. The fraction of sp³-hybridized carbons (Fsp3) is 0.304. The molecular weight excluding hydrogens is 396 g/mol. The largest absolute Gasteiger partial charge is 0.360 e. The molecule has 0 saturated carbocycles. The number of nitro benzene ring substituents is 1. The average molecular weight is 420 g/mol. The first-order chi connectivity index (χ1) is 14.8. The number of hydrogen-bond donors (Lipinski definition) is 1. The van der Waals surface area contributed by atoms with E-state index in [2.05, 4.69) is 4.98 Å². The van der Waals surface area contributed by atoms with Gasteiger partial charge in [0.15, 0.2) is 0 Å². The third-order valence-electron chi connectivity index (χ3n) is 5.99. The minimum Gasteiger partial charge on any atom is -0.360 e. The second kappa shape index (κ2) is 7.86. The maximum atomic E-state index is 13.2. The summed E-state index contributed by atoms with van der Waals surface area (Å²) in [6, 6.07) is 14.1. The van der Waals surface area contributed by atoms with E-state index in [-0.39, 0.29) is 17.5 Å². The van der Waals surface area contributed by atoms with Crippen molar-refractivity contribution in [3.05, 3.63) is 76.0 Å². The Morgan fingerprint density at radius 1 is 1.00 bits per heavy atom. The lowest BCUT2D eigenvalue weighted by molar-refractivity contribution is -0.384. The van der Waals surface area contributed by atoms with Gasteiger partial charge in [-0.05, 0) is 25.5 Å². The summed E-state index contributed by atoms with van der Waals surface area (Å²) < 4.78 is 0. The smallest absolute Gasteiger partial charge is 0.270 e. The maximum absolute atomic E-state index is 13.2. The molecule has 2 heterocycles. The fourth-order valence-electron chi connectivity index (χ4n) is 4.06. The predicted octanol–water partition coefficient (Wildman–Crippen LogP) is 3.34. The molecule has 0 unspecified atom stereocenters. The highest BCUT2D eigenvalue weighted by Gasteiger charge is 2.36. The van der Waals surface area contributed by atoms with Gasteiger partial charge in [-0.25, -0.2) is 0 Å². The maximum Gasteiger partial charge on any atom is 0.270 e. The molecule has 0 radical (unpaired) electrons. The van der Waals surface area contributed by atoms with Gasteiger partial charge >= 0.3 is 0 Å². The molecule has 0 aliphatic carbocycles. The summed E-state index contributed by atoms with van der Waals surface area (Å²) in [5.41, 5.74) is 1.33. The van der Waals surface area contributed by atoms with Crippen LogP contribution in [-0.2, 0) is 10.2 Å². The van der Waals surface area contributed by atoms with Crippen LogP contribution >= 0.6 is 0 Å². The molecule has 2 amide bonds. The van der Waals surface area contributed by atoms with Crippen LogP contribution in [0.5, 0.6) is 0 Å². The van der Waals surface area contributed by atoms with E-state index < -0.39 is 10.3 Å². The van der Waals surface area contributed by atoms with Gasteiger partial charge < -0.3 is 14.8 Å². The Balaban J connectivity index is 1.47. The normalized spacial score (nSPS) is 14.6. The fourth-order valence-corrected chi connectivity index (χ4v) is 4.06. The highest BCUT2D eigenvalue weighted by atomic mass is 16.6. The minimum absolute atomic E-state index is 0.0357. The Morgan fingerprint density at radius 2 is 1.65 bits per heavy atom. The Hall–Kier alpha value is -3.68. The van der Waals surface area contributed by atoms with Crippen LogP contribution in [-0.4, -0.2) is 57.7 Å². The number of nitro groups is 1. The Labute approximate surface area is 179 Å². The number of rotatable bonds is 4. The van der Waals surface area contributed by atoms with Gasteiger partial charge in [0.25, 0.3) is 11.6 Å². The second-order valence-corrected chi connectivity index (χ2v) is 8.26. The number of aromatic amines is 1. The first-order valence-electron chi connectivity index (χ1n) is 10.2. The number of carbonyl (C=O) groups excluding carboxylic acids is 2. The molecule has 1 aliphatic heterocycles. The van der Waals surface area contributed by atoms with Gasteiger partial charge in [-0.2, -0.15) is 0 Å². The highest BCUT2D eigenvalue weighted by Crippen LogP contribution is 2.27. The van der Waals surface area contributed by atoms with Gasteiger partial charge in [-0.15, -0.1) is 0 Å². The standard InChI is InChI=1S/C23H24N4O4/c1-23(2,16-6-4-3-5-7-16)22(29)26-12-10-25(11-13-26)21(28)19-15-24-20-9-8-17(27(30)31)14-18(19)20/h3-9,14-15,24H,10-13H2,1-2H3. The van der Waals surface area contributed by atoms with E-state index in [1.54, 1.807) is 22.1 Å². The van der Waals surface area contributed by atoms with Crippen molar-refractivity contribution in [2.75, 3.05) is 26.2 Å². The van der Waals surface area contributed by atoms with Gasteiger partial charge in [-0.1, -0.05) is 30.3 Å². The molecule has 0 atom stereocenters. The number of aromatic nitrogens is 1. The Bertz CT molecular complexity index is 1140. The number of carbonyl (C=O) groups is 2. The Kier molecular flexibility index (Phi) is 5.22. The number of non-ortho nitro benzene ring substituents is 1. The van der Waals surface area contributed by atoms with Gasteiger partial charge in [0.2, 0.25) is 5.91 Å². The van der Waals surface area contributed by atoms with E-state index in [1.165, 1.54) is 12.1 Å². The van der Waals surface area contributed by atoms with E-state index in [0.717, 1.165) is 5.56 Å². The number of piperazine rings is 1. The van der Waals surface area contributed by atoms with E-state index >= 15 is 0 Å². The third-order valence-corrected chi connectivity index (χ3v) is 5.99. The SMILES string of the molecule is CC(C)(C(=O)N1CCN(C(=O)c2c[nH]c3ccc([N+](=O)[O-])cc23)CC1)c1ccccc1. The average Bonchev–Trinajstić information content (AvgIpc) is 3.22. The van der Waals surface area contributed by atoms with E-state index in [0.29, 0.717) is 42.6 Å².